The van der Waals surface area contributed by atoms with Crippen LogP contribution in [0.25, 0.3) is 0 Å². The SMILES string of the molecule is NC1(c2ccc(=O)n(CC#CCN3CCCC3)c2)CCCCC1. The maximum Gasteiger partial charge on any atom is 0.251 e. The minimum atomic E-state index is -0.267. The Bertz CT molecular complexity index is 641. The van der Waals surface area contributed by atoms with Crippen molar-refractivity contribution < 1.29 is 0 Å². The number of pyridine rings is 1. The summed E-state index contributed by atoms with van der Waals surface area (Å²) >= 11 is 0. The molecule has 0 aromatic carbocycles. The third-order valence-corrected chi connectivity index (χ3v) is 5.18. The third-order valence-electron chi connectivity index (χ3n) is 5.18. The standard InChI is InChI=1S/C19H27N3O/c20-19(10-2-1-3-11-19)17-8-9-18(23)22(16-17)15-7-6-14-21-12-4-5-13-21/h8-9,16H,1-5,10-15,20H2. The van der Waals surface area contributed by atoms with E-state index < -0.39 is 0 Å². The second-order valence-electron chi connectivity index (χ2n) is 6.94. The molecule has 2 fully saturated rings. The second-order valence-corrected chi connectivity index (χ2v) is 6.94. The van der Waals surface area contributed by atoms with Crippen molar-refractivity contribution in [2.75, 3.05) is 19.6 Å². The molecule has 3 rings (SSSR count). The number of hydrogen-bond donors (Lipinski definition) is 1. The first-order valence-corrected chi connectivity index (χ1v) is 8.85. The summed E-state index contributed by atoms with van der Waals surface area (Å²) < 4.78 is 1.70. The Morgan fingerprint density at radius 1 is 1.00 bits per heavy atom. The molecule has 0 bridgehead atoms. The van der Waals surface area contributed by atoms with Crippen molar-refractivity contribution >= 4 is 0 Å². The van der Waals surface area contributed by atoms with Gasteiger partial charge in [-0.25, -0.2) is 0 Å². The predicted molar refractivity (Wildman–Crippen MR) is 93.1 cm³/mol. The highest BCUT2D eigenvalue weighted by molar-refractivity contribution is 5.22. The second kappa shape index (κ2) is 7.33. The van der Waals surface area contributed by atoms with Gasteiger partial charge in [0.2, 0.25) is 0 Å². The molecule has 1 saturated heterocycles. The highest BCUT2D eigenvalue weighted by atomic mass is 16.1. The fraction of sp³-hybridized carbons (Fsp3) is 0.632. The van der Waals surface area contributed by atoms with Gasteiger partial charge < -0.3 is 10.3 Å². The zero-order chi connectivity index (χ0) is 16.1. The number of likely N-dealkylation sites (tertiary alicyclic amines) is 1. The molecule has 1 saturated carbocycles. The molecule has 2 N–H and O–H groups in total. The number of rotatable bonds is 3. The number of aromatic nitrogens is 1. The summed E-state index contributed by atoms with van der Waals surface area (Å²) in [6, 6.07) is 3.54. The molecule has 0 atom stereocenters. The molecule has 0 spiro atoms. The summed E-state index contributed by atoms with van der Waals surface area (Å²) in [6.07, 6.45) is 10.1. The lowest BCUT2D eigenvalue weighted by Gasteiger charge is -2.34. The maximum atomic E-state index is 12.1. The lowest BCUT2D eigenvalue weighted by atomic mass is 9.78. The van der Waals surface area contributed by atoms with Crippen molar-refractivity contribution in [3.63, 3.8) is 0 Å². The Balaban J connectivity index is 1.68. The van der Waals surface area contributed by atoms with E-state index in [0.717, 1.165) is 38.0 Å². The van der Waals surface area contributed by atoms with Gasteiger partial charge >= 0.3 is 0 Å². The first kappa shape index (κ1) is 16.3. The van der Waals surface area contributed by atoms with Crippen LogP contribution in [-0.4, -0.2) is 29.1 Å². The van der Waals surface area contributed by atoms with Gasteiger partial charge in [-0.05, 0) is 44.3 Å². The predicted octanol–water partition coefficient (Wildman–Crippen LogP) is 2.07. The fourth-order valence-corrected chi connectivity index (χ4v) is 3.67. The highest BCUT2D eigenvalue weighted by Gasteiger charge is 2.29. The normalized spacial score (nSPS) is 20.9. The first-order chi connectivity index (χ1) is 11.2. The van der Waals surface area contributed by atoms with Crippen LogP contribution < -0.4 is 11.3 Å². The first-order valence-electron chi connectivity index (χ1n) is 8.85. The van der Waals surface area contributed by atoms with E-state index in [-0.39, 0.29) is 11.1 Å². The van der Waals surface area contributed by atoms with Gasteiger partial charge in [-0.2, -0.15) is 0 Å². The van der Waals surface area contributed by atoms with Crippen molar-refractivity contribution in [1.82, 2.24) is 9.47 Å². The van der Waals surface area contributed by atoms with Gasteiger partial charge in [0, 0.05) is 17.8 Å². The van der Waals surface area contributed by atoms with E-state index >= 15 is 0 Å². The molecule has 1 aromatic heterocycles. The smallest absolute Gasteiger partial charge is 0.251 e. The van der Waals surface area contributed by atoms with Crippen LogP contribution in [0.3, 0.4) is 0 Å². The quantitative estimate of drug-likeness (QED) is 0.869. The molecule has 0 radical (unpaired) electrons. The topological polar surface area (TPSA) is 51.3 Å². The zero-order valence-electron chi connectivity index (χ0n) is 13.9. The van der Waals surface area contributed by atoms with Crippen molar-refractivity contribution in [1.29, 1.82) is 0 Å². The fourth-order valence-electron chi connectivity index (χ4n) is 3.67. The Hall–Kier alpha value is -1.57. The van der Waals surface area contributed by atoms with E-state index in [1.165, 1.54) is 32.1 Å². The molecular formula is C19H27N3O. The molecular weight excluding hydrogens is 286 g/mol. The molecule has 23 heavy (non-hydrogen) atoms. The van der Waals surface area contributed by atoms with E-state index in [4.69, 9.17) is 5.73 Å². The van der Waals surface area contributed by atoms with Crippen LogP contribution in [0.15, 0.2) is 23.1 Å². The molecule has 4 heteroatoms. The van der Waals surface area contributed by atoms with Gasteiger partial charge in [0.05, 0.1) is 13.1 Å². The van der Waals surface area contributed by atoms with Crippen LogP contribution in [0.1, 0.15) is 50.5 Å². The van der Waals surface area contributed by atoms with Crippen LogP contribution in [0.4, 0.5) is 0 Å². The van der Waals surface area contributed by atoms with E-state index in [9.17, 15) is 4.79 Å². The van der Waals surface area contributed by atoms with Crippen molar-refractivity contribution in [2.45, 2.75) is 57.0 Å². The molecule has 1 aliphatic heterocycles. The van der Waals surface area contributed by atoms with Gasteiger partial charge in [-0.3, -0.25) is 9.69 Å². The van der Waals surface area contributed by atoms with Gasteiger partial charge in [0.1, 0.15) is 0 Å². The third kappa shape index (κ3) is 4.04. The summed E-state index contributed by atoms with van der Waals surface area (Å²) in [5.41, 5.74) is 7.40. The maximum absolute atomic E-state index is 12.1. The summed E-state index contributed by atoms with van der Waals surface area (Å²) in [5.74, 6) is 6.34. The molecule has 1 aliphatic carbocycles. The van der Waals surface area contributed by atoms with Crippen molar-refractivity contribution in [3.05, 3.63) is 34.2 Å². The van der Waals surface area contributed by atoms with E-state index in [1.807, 2.05) is 12.3 Å². The molecule has 0 unspecified atom stereocenters. The molecule has 4 nitrogen and oxygen atoms in total. The van der Waals surface area contributed by atoms with Crippen LogP contribution in [0.5, 0.6) is 0 Å². The van der Waals surface area contributed by atoms with Crippen LogP contribution in [0.2, 0.25) is 0 Å². The minimum Gasteiger partial charge on any atom is -0.321 e. The van der Waals surface area contributed by atoms with Crippen LogP contribution in [-0.2, 0) is 12.1 Å². The van der Waals surface area contributed by atoms with Crippen LogP contribution >= 0.6 is 0 Å². The molecule has 0 amide bonds. The lowest BCUT2D eigenvalue weighted by molar-refractivity contribution is 0.300. The molecule has 124 valence electrons. The number of nitrogens with zero attached hydrogens (tertiary/aromatic N) is 2. The Morgan fingerprint density at radius 3 is 2.43 bits per heavy atom. The average molecular weight is 313 g/mol. The minimum absolute atomic E-state index is 0.00336. The largest absolute Gasteiger partial charge is 0.321 e. The van der Waals surface area contributed by atoms with Crippen molar-refractivity contribution in [3.8, 4) is 11.8 Å². The van der Waals surface area contributed by atoms with Crippen LogP contribution in [0, 0.1) is 11.8 Å². The summed E-state index contributed by atoms with van der Waals surface area (Å²) in [6.45, 7) is 3.57. The summed E-state index contributed by atoms with van der Waals surface area (Å²) in [5, 5.41) is 0. The summed E-state index contributed by atoms with van der Waals surface area (Å²) in [4.78, 5) is 14.4. The molecule has 1 aromatic rings. The lowest BCUT2D eigenvalue weighted by Crippen LogP contribution is -2.39. The number of nitrogens with two attached hydrogens (primary N) is 1. The Morgan fingerprint density at radius 2 is 1.70 bits per heavy atom. The van der Waals surface area contributed by atoms with Gasteiger partial charge in [-0.1, -0.05) is 37.2 Å². The highest BCUT2D eigenvalue weighted by Crippen LogP contribution is 2.34. The van der Waals surface area contributed by atoms with E-state index in [2.05, 4.69) is 16.7 Å². The van der Waals surface area contributed by atoms with Gasteiger partial charge in [0.15, 0.2) is 0 Å². The monoisotopic (exact) mass is 313 g/mol. The Labute approximate surface area is 138 Å². The molecule has 2 aliphatic rings. The van der Waals surface area contributed by atoms with E-state index in [0.29, 0.717) is 6.54 Å². The summed E-state index contributed by atoms with van der Waals surface area (Å²) in [7, 11) is 0. The zero-order valence-corrected chi connectivity index (χ0v) is 13.9. The number of hydrogen-bond acceptors (Lipinski definition) is 3. The van der Waals surface area contributed by atoms with Gasteiger partial charge in [0.25, 0.3) is 5.56 Å². The van der Waals surface area contributed by atoms with E-state index in [1.54, 1.807) is 10.6 Å². The van der Waals surface area contributed by atoms with Crippen molar-refractivity contribution in [2.24, 2.45) is 5.73 Å². The van der Waals surface area contributed by atoms with Gasteiger partial charge in [-0.15, -0.1) is 0 Å². The Kier molecular flexibility index (Phi) is 5.20. The average Bonchev–Trinajstić information content (AvgIpc) is 3.07. The molecule has 2 heterocycles.